The van der Waals surface area contributed by atoms with Gasteiger partial charge in [-0.05, 0) is 0 Å². The van der Waals surface area contributed by atoms with Gasteiger partial charge >= 0.3 is 6.18 Å². The average molecular weight is 262 g/mol. The number of methoxy groups -OCH3 is 1. The molecule has 1 heterocycles. The van der Waals surface area contributed by atoms with Crippen LogP contribution in [0.25, 0.3) is 0 Å². The van der Waals surface area contributed by atoms with E-state index < -0.39 is 43.0 Å². The summed E-state index contributed by atoms with van der Waals surface area (Å²) in [6, 6.07) is 0. The summed E-state index contributed by atoms with van der Waals surface area (Å²) in [6.07, 6.45) is -13.9. The van der Waals surface area contributed by atoms with E-state index in [2.05, 4.69) is 9.47 Å². The molecule has 0 aliphatic carbocycles. The van der Waals surface area contributed by atoms with Gasteiger partial charge in [-0.2, -0.15) is 13.2 Å². The monoisotopic (exact) mass is 262 g/mol. The Morgan fingerprint density at radius 3 is 2.18 bits per heavy atom. The van der Waals surface area contributed by atoms with E-state index in [1.165, 1.54) is 0 Å². The summed E-state index contributed by atoms with van der Waals surface area (Å²) < 4.78 is 47.1. The van der Waals surface area contributed by atoms with Gasteiger partial charge in [0.1, 0.15) is 18.3 Å². The highest BCUT2D eigenvalue weighted by molar-refractivity contribution is 5.06. The molecular weight excluding hydrogens is 249 g/mol. The third-order valence-corrected chi connectivity index (χ3v) is 2.69. The maximum atomic E-state index is 12.7. The van der Waals surface area contributed by atoms with Crippen LogP contribution in [0.3, 0.4) is 0 Å². The fourth-order valence-corrected chi connectivity index (χ4v) is 1.65. The number of ether oxygens (including phenoxy) is 2. The van der Waals surface area contributed by atoms with Gasteiger partial charge in [0.2, 0.25) is 5.60 Å². The van der Waals surface area contributed by atoms with Gasteiger partial charge in [-0.3, -0.25) is 0 Å². The van der Waals surface area contributed by atoms with Crippen LogP contribution < -0.4 is 0 Å². The Hall–Kier alpha value is -0.450. The molecule has 102 valence electrons. The molecule has 0 amide bonds. The average Bonchev–Trinajstić information content (AvgIpc) is 2.25. The zero-order valence-corrected chi connectivity index (χ0v) is 8.76. The largest absolute Gasteiger partial charge is 0.422 e. The topological polar surface area (TPSA) is 99.4 Å². The highest BCUT2D eigenvalue weighted by atomic mass is 19.4. The summed E-state index contributed by atoms with van der Waals surface area (Å²) in [5.74, 6) is 0. The van der Waals surface area contributed by atoms with Crippen LogP contribution in [0, 0.1) is 0 Å². The van der Waals surface area contributed by atoms with E-state index in [1.807, 2.05) is 0 Å². The normalized spacial score (nSPS) is 43.8. The van der Waals surface area contributed by atoms with E-state index in [9.17, 15) is 28.5 Å². The number of aliphatic hydroxyl groups excluding tert-OH is 3. The second kappa shape index (κ2) is 4.67. The van der Waals surface area contributed by atoms with Crippen molar-refractivity contribution in [3.8, 4) is 0 Å². The zero-order chi connectivity index (χ0) is 13.4. The SMILES string of the molecule is CO[C@H]1O[C@H](CO)[C@@H](O)[C@](O)(C(F)(F)F)[C@H]1O. The molecule has 1 rings (SSSR count). The fourth-order valence-electron chi connectivity index (χ4n) is 1.65. The molecule has 0 spiro atoms. The first kappa shape index (κ1) is 14.6. The first-order chi connectivity index (χ1) is 7.70. The molecule has 9 heteroatoms. The Kier molecular flexibility index (Phi) is 4.01. The molecule has 0 aromatic rings. The van der Waals surface area contributed by atoms with Crippen molar-refractivity contribution in [3.05, 3.63) is 0 Å². The molecule has 17 heavy (non-hydrogen) atoms. The van der Waals surface area contributed by atoms with E-state index in [4.69, 9.17) is 5.11 Å². The number of alkyl halides is 3. The molecule has 1 aliphatic rings. The number of hydrogen-bond acceptors (Lipinski definition) is 6. The molecule has 0 unspecified atom stereocenters. The number of rotatable bonds is 2. The molecule has 5 atom stereocenters. The smallest absolute Gasteiger partial charge is 0.394 e. The summed E-state index contributed by atoms with van der Waals surface area (Å²) in [6.45, 7) is -0.966. The van der Waals surface area contributed by atoms with Crippen molar-refractivity contribution in [2.45, 2.75) is 36.4 Å². The molecule has 0 saturated carbocycles. The Bertz CT molecular complexity index is 254. The quantitative estimate of drug-likeness (QED) is 0.476. The minimum absolute atomic E-state index is 0.955. The van der Waals surface area contributed by atoms with Gasteiger partial charge in [-0.15, -0.1) is 0 Å². The number of aliphatic hydroxyl groups is 4. The van der Waals surface area contributed by atoms with E-state index >= 15 is 0 Å². The highest BCUT2D eigenvalue weighted by Crippen LogP contribution is 2.42. The summed E-state index contributed by atoms with van der Waals surface area (Å²) in [5.41, 5.74) is -3.82. The summed E-state index contributed by atoms with van der Waals surface area (Å²) in [7, 11) is 0.955. The molecule has 0 aromatic heterocycles. The molecule has 0 radical (unpaired) electrons. The standard InChI is InChI=1S/C8H13F3O6/c1-16-6-5(14)7(15,8(9,10)11)4(13)3(2-12)17-6/h3-6,12-15H,2H2,1H3/t3-,4-,5+,6+,7-/m1/s1. The van der Waals surface area contributed by atoms with Gasteiger partial charge < -0.3 is 29.9 Å². The Morgan fingerprint density at radius 2 is 1.82 bits per heavy atom. The molecule has 0 aromatic carbocycles. The first-order valence-corrected chi connectivity index (χ1v) is 4.64. The van der Waals surface area contributed by atoms with E-state index in [0.29, 0.717) is 0 Å². The van der Waals surface area contributed by atoms with Gasteiger partial charge in [-0.1, -0.05) is 0 Å². The maximum absolute atomic E-state index is 12.7. The predicted molar refractivity (Wildman–Crippen MR) is 45.8 cm³/mol. The summed E-state index contributed by atoms with van der Waals surface area (Å²) in [5, 5.41) is 36.9. The Morgan fingerprint density at radius 1 is 1.29 bits per heavy atom. The third kappa shape index (κ3) is 2.14. The molecule has 4 N–H and O–H groups in total. The molecule has 1 saturated heterocycles. The van der Waals surface area contributed by atoms with Gasteiger partial charge in [0.05, 0.1) is 6.61 Å². The second-order valence-corrected chi connectivity index (χ2v) is 3.67. The highest BCUT2D eigenvalue weighted by Gasteiger charge is 2.69. The van der Waals surface area contributed by atoms with Gasteiger partial charge in [0, 0.05) is 7.11 Å². The van der Waals surface area contributed by atoms with Gasteiger partial charge in [0.25, 0.3) is 0 Å². The molecule has 1 aliphatic heterocycles. The lowest BCUT2D eigenvalue weighted by atomic mass is 9.83. The number of hydrogen-bond donors (Lipinski definition) is 4. The minimum atomic E-state index is -5.31. The first-order valence-electron chi connectivity index (χ1n) is 4.64. The van der Waals surface area contributed by atoms with Crippen molar-refractivity contribution in [2.24, 2.45) is 0 Å². The Labute approximate surface area is 94.2 Å². The minimum Gasteiger partial charge on any atom is -0.394 e. The summed E-state index contributed by atoms with van der Waals surface area (Å²) >= 11 is 0. The van der Waals surface area contributed by atoms with Crippen molar-refractivity contribution in [3.63, 3.8) is 0 Å². The van der Waals surface area contributed by atoms with E-state index in [-0.39, 0.29) is 0 Å². The van der Waals surface area contributed by atoms with Crippen LogP contribution in [0.1, 0.15) is 0 Å². The second-order valence-electron chi connectivity index (χ2n) is 3.67. The van der Waals surface area contributed by atoms with Crippen LogP contribution >= 0.6 is 0 Å². The third-order valence-electron chi connectivity index (χ3n) is 2.69. The van der Waals surface area contributed by atoms with Crippen molar-refractivity contribution in [1.82, 2.24) is 0 Å². The zero-order valence-electron chi connectivity index (χ0n) is 8.76. The number of halogens is 3. The molecular formula is C8H13F3O6. The van der Waals surface area contributed by atoms with Gasteiger partial charge in [0.15, 0.2) is 6.29 Å². The molecule has 1 fully saturated rings. The molecule has 0 bridgehead atoms. The van der Waals surface area contributed by atoms with E-state index in [0.717, 1.165) is 7.11 Å². The fraction of sp³-hybridized carbons (Fsp3) is 1.00. The van der Waals surface area contributed by atoms with Crippen LogP contribution in [0.15, 0.2) is 0 Å². The van der Waals surface area contributed by atoms with Crippen LogP contribution in [-0.4, -0.2) is 70.5 Å². The Balaban J connectivity index is 3.14. The summed E-state index contributed by atoms with van der Waals surface area (Å²) in [4.78, 5) is 0. The van der Waals surface area contributed by atoms with Crippen molar-refractivity contribution >= 4 is 0 Å². The van der Waals surface area contributed by atoms with Crippen molar-refractivity contribution < 1.29 is 43.1 Å². The van der Waals surface area contributed by atoms with Crippen LogP contribution in [0.4, 0.5) is 13.2 Å². The maximum Gasteiger partial charge on any atom is 0.422 e. The van der Waals surface area contributed by atoms with Crippen molar-refractivity contribution in [1.29, 1.82) is 0 Å². The van der Waals surface area contributed by atoms with Crippen LogP contribution in [-0.2, 0) is 9.47 Å². The van der Waals surface area contributed by atoms with Crippen LogP contribution in [0.2, 0.25) is 0 Å². The molecule has 6 nitrogen and oxygen atoms in total. The van der Waals surface area contributed by atoms with Crippen molar-refractivity contribution in [2.75, 3.05) is 13.7 Å². The predicted octanol–water partition coefficient (Wildman–Crippen LogP) is -1.63. The lowest BCUT2D eigenvalue weighted by Crippen LogP contribution is -2.73. The lowest BCUT2D eigenvalue weighted by Gasteiger charge is -2.47. The van der Waals surface area contributed by atoms with E-state index in [1.54, 1.807) is 0 Å². The van der Waals surface area contributed by atoms with Crippen LogP contribution in [0.5, 0.6) is 0 Å². The lowest BCUT2D eigenvalue weighted by molar-refractivity contribution is -0.394. The van der Waals surface area contributed by atoms with Gasteiger partial charge in [-0.25, -0.2) is 0 Å².